The second-order valence-electron chi connectivity index (χ2n) is 1.65. The third-order valence-corrected chi connectivity index (χ3v) is 0. The van der Waals surface area contributed by atoms with E-state index in [-0.39, 0.29) is 31.1 Å². The topological polar surface area (TPSA) is 354 Å². The van der Waals surface area contributed by atoms with Crippen molar-refractivity contribution in [1.82, 2.24) is 0 Å². The summed E-state index contributed by atoms with van der Waals surface area (Å²) in [6.45, 7) is 0. The summed E-state index contributed by atoms with van der Waals surface area (Å²) >= 11 is 0. The number of carboxylic acid groups (broad SMARTS) is 12. The maximum absolute atomic E-state index is 8.56. The van der Waals surface area contributed by atoms with Crippen molar-refractivity contribution in [2.45, 2.75) is 0 Å². The Morgan fingerprint density at radius 3 is 0.400 bits per heavy atom. The van der Waals surface area contributed by atoms with E-state index in [1.807, 2.05) is 0 Å². The van der Waals surface area contributed by atoms with E-state index in [0.29, 0.717) is 0 Å². The molecule has 0 fully saturated rings. The van der Waals surface area contributed by atoms with Gasteiger partial charge in [-0.25, -0.2) is 14.4 Å². The van der Waals surface area contributed by atoms with Crippen LogP contribution in [0, 0.1) is 31.1 Å². The molecule has 0 aliphatic rings. The van der Waals surface area contributed by atoms with Gasteiger partial charge in [0, 0.05) is 0 Å². The minimum atomic E-state index is -2.08. The molecule has 0 atom stereocenters. The van der Waals surface area contributed by atoms with Gasteiger partial charge in [0.1, 0.15) is 0 Å². The van der Waals surface area contributed by atoms with E-state index in [1.165, 1.54) is 0 Å². The predicted octanol–water partition coefficient (Wildman–Crippen LogP) is -2.67. The molecule has 0 aromatic rings. The van der Waals surface area contributed by atoms with E-state index >= 15 is 0 Å². The van der Waals surface area contributed by atoms with Crippen molar-refractivity contribution < 1.29 is 121 Å². The van der Waals surface area contributed by atoms with Crippen LogP contribution in [-0.4, -0.2) is 82.9 Å². The van der Waals surface area contributed by atoms with E-state index in [4.69, 9.17) is 90.0 Å². The molecule has 1 radical (unpaired) electrons. The van der Waals surface area contributed by atoms with Crippen LogP contribution in [0.1, 0.15) is 0 Å². The van der Waals surface area contributed by atoms with Gasteiger partial charge in [-0.05, 0) is 0 Å². The third kappa shape index (κ3) is 651. The summed E-state index contributed by atoms with van der Waals surface area (Å²) in [5.74, 6) is 0. The summed E-state index contributed by atoms with van der Waals surface area (Å²) in [5, 5.41) is 87.8. The van der Waals surface area contributed by atoms with Crippen molar-refractivity contribution in [3.05, 3.63) is 0 Å². The quantitative estimate of drug-likeness (QED) is 0.135. The molecular formula is C6H9O18U. The van der Waals surface area contributed by atoms with E-state index in [0.717, 1.165) is 0 Å². The molecule has 0 rings (SSSR count). The molecule has 9 N–H and O–H groups in total. The zero-order valence-electron chi connectivity index (χ0n) is 11.2. The van der Waals surface area contributed by atoms with Gasteiger partial charge in [0.2, 0.25) is 18.5 Å². The van der Waals surface area contributed by atoms with Crippen LogP contribution in [0.2, 0.25) is 0 Å². The smallest absolute Gasteiger partial charge is 0.565 e. The second-order valence-corrected chi connectivity index (χ2v) is 1.65. The Bertz CT molecular complexity index is 257. The number of hydrogen-bond acceptors (Lipinski definition) is 9. The van der Waals surface area contributed by atoms with Gasteiger partial charge >= 0.3 is 49.6 Å². The molecule has 0 aromatic carbocycles. The average molecular weight is 607 g/mol. The monoisotopic (exact) mass is 607 g/mol. The van der Waals surface area contributed by atoms with Gasteiger partial charge in [0.25, 0.3) is 0 Å². The van der Waals surface area contributed by atoms with E-state index < -0.39 is 36.9 Å². The van der Waals surface area contributed by atoms with E-state index in [2.05, 4.69) is 0 Å². The number of rotatable bonds is 0. The first-order chi connectivity index (χ1) is 10.4. The van der Waals surface area contributed by atoms with Crippen LogP contribution in [0.4, 0.5) is 28.8 Å². The molecule has 0 unspecified atom stereocenters. The first-order valence-corrected chi connectivity index (χ1v) is 3.85. The van der Waals surface area contributed by atoms with Gasteiger partial charge in [-0.1, -0.05) is 0 Å². The van der Waals surface area contributed by atoms with Crippen molar-refractivity contribution in [2.75, 3.05) is 0 Å². The molecule has 25 heavy (non-hydrogen) atoms. The first-order valence-electron chi connectivity index (χ1n) is 3.85. The molecule has 0 spiro atoms. The summed E-state index contributed by atoms with van der Waals surface area (Å²) < 4.78 is 0. The Morgan fingerprint density at radius 2 is 0.400 bits per heavy atom. The second kappa shape index (κ2) is 37.2. The molecule has 145 valence electrons. The zero-order chi connectivity index (χ0) is 21.5. The third-order valence-electron chi connectivity index (χ3n) is 0. The van der Waals surface area contributed by atoms with Gasteiger partial charge < -0.3 is 75.7 Å². The van der Waals surface area contributed by atoms with Crippen LogP contribution in [0.3, 0.4) is 0 Å². The summed E-state index contributed by atoms with van der Waals surface area (Å²) in [6, 6.07) is 0. The van der Waals surface area contributed by atoms with Crippen molar-refractivity contribution in [2.24, 2.45) is 0 Å². The van der Waals surface area contributed by atoms with Crippen LogP contribution in [0.5, 0.6) is 0 Å². The maximum Gasteiger partial charge on any atom is 3.00 e. The van der Waals surface area contributed by atoms with Gasteiger partial charge in [-0.3, -0.25) is 0 Å². The maximum atomic E-state index is 8.56. The molecule has 0 aromatic heterocycles. The van der Waals surface area contributed by atoms with Crippen molar-refractivity contribution >= 4 is 36.9 Å². The minimum absolute atomic E-state index is 0. The Balaban J connectivity index is -0.0000000309. The van der Waals surface area contributed by atoms with Gasteiger partial charge in [-0.15, -0.1) is 0 Å². The normalized spacial score (nSPS) is 5.76. The van der Waals surface area contributed by atoms with Crippen LogP contribution < -0.4 is 15.3 Å². The predicted molar refractivity (Wildman–Crippen MR) is 56.0 cm³/mol. The molecular weight excluding hydrogens is 598 g/mol. The SMILES string of the molecule is O=C(O)O.O=C(O)O.O=C(O)O.O=C([O-])O.O=C([O-])O.O=C([O-])O.[U+3]. The fourth-order valence-corrected chi connectivity index (χ4v) is 0. The van der Waals surface area contributed by atoms with E-state index in [1.54, 1.807) is 0 Å². The van der Waals surface area contributed by atoms with Crippen LogP contribution in [-0.2, 0) is 0 Å². The van der Waals surface area contributed by atoms with E-state index in [9.17, 15) is 0 Å². The number of hydrogen-bond donors (Lipinski definition) is 9. The first kappa shape index (κ1) is 43.0. The summed E-state index contributed by atoms with van der Waals surface area (Å²) in [7, 11) is 0. The molecule has 19 heteroatoms. The van der Waals surface area contributed by atoms with Crippen LogP contribution >= 0.6 is 0 Å². The molecule has 0 aliphatic carbocycles. The number of carbonyl (C=O) groups is 6. The molecule has 0 bridgehead atoms. The van der Waals surface area contributed by atoms with Gasteiger partial charge in [0.15, 0.2) is 0 Å². The fourth-order valence-electron chi connectivity index (χ4n) is 0. The molecule has 0 saturated carbocycles. The molecule has 0 heterocycles. The van der Waals surface area contributed by atoms with Crippen LogP contribution in [0.15, 0.2) is 0 Å². The minimum Gasteiger partial charge on any atom is -0.565 e. The summed E-state index contributed by atoms with van der Waals surface area (Å²) in [5.41, 5.74) is 0. The Morgan fingerprint density at radius 1 is 0.400 bits per heavy atom. The largest absolute Gasteiger partial charge is 3.00 e. The summed E-state index contributed by atoms with van der Waals surface area (Å²) in [6.07, 6.45) is -11.8. The molecule has 0 aliphatic heterocycles. The summed E-state index contributed by atoms with van der Waals surface area (Å²) in [4.78, 5) is 51.0. The molecule has 0 saturated heterocycles. The Labute approximate surface area is 158 Å². The average Bonchev–Trinajstić information content (AvgIpc) is 2.08. The van der Waals surface area contributed by atoms with Crippen LogP contribution in [0.25, 0.3) is 0 Å². The fraction of sp³-hybridized carbons (Fsp3) is 0. The van der Waals surface area contributed by atoms with Gasteiger partial charge in [0.05, 0.1) is 0 Å². The molecule has 18 nitrogen and oxygen atoms in total. The van der Waals surface area contributed by atoms with Crippen molar-refractivity contribution in [1.29, 1.82) is 0 Å². The Kier molecular flexibility index (Phi) is 64.0. The van der Waals surface area contributed by atoms with Crippen molar-refractivity contribution in [3.63, 3.8) is 0 Å². The molecule has 0 amide bonds. The Hall–Kier alpha value is -3.33. The van der Waals surface area contributed by atoms with Gasteiger partial charge in [-0.2, -0.15) is 0 Å². The zero-order valence-corrected chi connectivity index (χ0v) is 15.4. The van der Waals surface area contributed by atoms with Crippen molar-refractivity contribution in [3.8, 4) is 0 Å². The standard InChI is InChI=1S/6CH2O3.U/c6*2-1(3)4;/h6*(H2,2,3,4);/q;;;;;;+3/p-3.